The van der Waals surface area contributed by atoms with Gasteiger partial charge < -0.3 is 14.5 Å². The van der Waals surface area contributed by atoms with Crippen molar-refractivity contribution in [2.75, 3.05) is 27.2 Å². The molecule has 2 amide bonds. The zero-order chi connectivity index (χ0) is 21.8. The van der Waals surface area contributed by atoms with Gasteiger partial charge in [-0.15, -0.1) is 0 Å². The van der Waals surface area contributed by atoms with Gasteiger partial charge in [-0.05, 0) is 36.1 Å². The molecule has 1 saturated heterocycles. The minimum Gasteiger partial charge on any atom is -0.497 e. The molecule has 1 aliphatic carbocycles. The zero-order valence-electron chi connectivity index (χ0n) is 18.5. The Kier molecular flexibility index (Phi) is 6.59. The Labute approximate surface area is 185 Å². The number of carbonyl (C=O) groups excluding carboxylic acids is 2. The third-order valence-corrected chi connectivity index (χ3v) is 6.81. The van der Waals surface area contributed by atoms with Crippen LogP contribution in [0.2, 0.25) is 0 Å². The third kappa shape index (κ3) is 4.76. The lowest BCUT2D eigenvalue weighted by atomic mass is 9.88. The second-order valence-electron chi connectivity index (χ2n) is 8.89. The van der Waals surface area contributed by atoms with Gasteiger partial charge in [0.05, 0.1) is 13.0 Å². The number of ether oxygens (including phenoxy) is 1. The fourth-order valence-electron chi connectivity index (χ4n) is 5.09. The molecular formula is C26H32N2O3. The van der Waals surface area contributed by atoms with Crippen LogP contribution in [0.25, 0.3) is 0 Å². The lowest BCUT2D eigenvalue weighted by molar-refractivity contribution is -0.136. The average Bonchev–Trinajstić information content (AvgIpc) is 3.49. The van der Waals surface area contributed by atoms with E-state index in [2.05, 4.69) is 0 Å². The number of carbonyl (C=O) groups is 2. The number of rotatable bonds is 6. The minimum absolute atomic E-state index is 0.0221. The number of methoxy groups -OCH3 is 1. The van der Waals surface area contributed by atoms with E-state index in [-0.39, 0.29) is 29.6 Å². The standard InChI is InChI=1S/C26H32N2O3/c1-27(16-19-9-4-3-5-10-19)26(30)24-18-28(25(29)20-11-6-7-12-20)17-23(24)21-13-8-14-22(15-21)31-2/h3-5,8-10,13-15,20,23-24H,6-7,11-12,16-18H2,1-2H3. The molecular weight excluding hydrogens is 388 g/mol. The van der Waals surface area contributed by atoms with Crippen LogP contribution < -0.4 is 4.74 Å². The molecule has 2 unspecified atom stereocenters. The van der Waals surface area contributed by atoms with Crippen molar-refractivity contribution in [2.45, 2.75) is 38.1 Å². The number of hydrogen-bond acceptors (Lipinski definition) is 3. The quantitative estimate of drug-likeness (QED) is 0.707. The maximum absolute atomic E-state index is 13.5. The summed E-state index contributed by atoms with van der Waals surface area (Å²) in [5.41, 5.74) is 2.17. The highest BCUT2D eigenvalue weighted by atomic mass is 16.5. The summed E-state index contributed by atoms with van der Waals surface area (Å²) >= 11 is 0. The Morgan fingerprint density at radius 3 is 2.48 bits per heavy atom. The first-order chi connectivity index (χ1) is 15.1. The molecule has 31 heavy (non-hydrogen) atoms. The van der Waals surface area contributed by atoms with Crippen LogP contribution in [0, 0.1) is 11.8 Å². The fourth-order valence-corrected chi connectivity index (χ4v) is 5.09. The molecule has 0 aromatic heterocycles. The molecule has 2 aromatic rings. The molecule has 1 aliphatic heterocycles. The van der Waals surface area contributed by atoms with Gasteiger partial charge in [0.15, 0.2) is 0 Å². The SMILES string of the molecule is COc1cccc(C2CN(C(=O)C3CCCC3)CC2C(=O)N(C)Cc2ccccc2)c1. The highest BCUT2D eigenvalue weighted by Crippen LogP contribution is 2.37. The van der Waals surface area contributed by atoms with Crippen molar-refractivity contribution < 1.29 is 14.3 Å². The molecule has 5 heteroatoms. The Hall–Kier alpha value is -2.82. The Morgan fingerprint density at radius 2 is 1.77 bits per heavy atom. The molecule has 0 bridgehead atoms. The van der Waals surface area contributed by atoms with Gasteiger partial charge in [-0.3, -0.25) is 9.59 Å². The molecule has 0 radical (unpaired) electrons. The van der Waals surface area contributed by atoms with Crippen molar-refractivity contribution in [1.82, 2.24) is 9.80 Å². The van der Waals surface area contributed by atoms with E-state index in [0.29, 0.717) is 19.6 Å². The largest absolute Gasteiger partial charge is 0.497 e. The van der Waals surface area contributed by atoms with E-state index in [1.54, 1.807) is 12.0 Å². The van der Waals surface area contributed by atoms with Crippen LogP contribution >= 0.6 is 0 Å². The van der Waals surface area contributed by atoms with Gasteiger partial charge in [0.25, 0.3) is 0 Å². The molecule has 4 rings (SSSR count). The van der Waals surface area contributed by atoms with Crippen molar-refractivity contribution in [3.63, 3.8) is 0 Å². The van der Waals surface area contributed by atoms with Crippen LogP contribution in [0.4, 0.5) is 0 Å². The van der Waals surface area contributed by atoms with Crippen LogP contribution in [0.15, 0.2) is 54.6 Å². The van der Waals surface area contributed by atoms with Crippen LogP contribution in [0.3, 0.4) is 0 Å². The van der Waals surface area contributed by atoms with E-state index in [9.17, 15) is 9.59 Å². The molecule has 5 nitrogen and oxygen atoms in total. The third-order valence-electron chi connectivity index (χ3n) is 6.81. The van der Waals surface area contributed by atoms with Gasteiger partial charge in [-0.25, -0.2) is 0 Å². The molecule has 164 valence electrons. The molecule has 0 N–H and O–H groups in total. The normalized spacial score (nSPS) is 21.3. The monoisotopic (exact) mass is 420 g/mol. The van der Waals surface area contributed by atoms with E-state index >= 15 is 0 Å². The predicted molar refractivity (Wildman–Crippen MR) is 121 cm³/mol. The molecule has 2 atom stereocenters. The van der Waals surface area contributed by atoms with Crippen molar-refractivity contribution in [1.29, 1.82) is 0 Å². The van der Waals surface area contributed by atoms with E-state index in [1.165, 1.54) is 0 Å². The van der Waals surface area contributed by atoms with Gasteiger partial charge in [-0.2, -0.15) is 0 Å². The smallest absolute Gasteiger partial charge is 0.228 e. The van der Waals surface area contributed by atoms with Gasteiger partial charge in [0.1, 0.15) is 5.75 Å². The summed E-state index contributed by atoms with van der Waals surface area (Å²) < 4.78 is 5.42. The van der Waals surface area contributed by atoms with E-state index < -0.39 is 0 Å². The summed E-state index contributed by atoms with van der Waals surface area (Å²) in [6.45, 7) is 1.66. The predicted octanol–water partition coefficient (Wildman–Crippen LogP) is 4.09. The van der Waals surface area contributed by atoms with Gasteiger partial charge in [0.2, 0.25) is 11.8 Å². The number of hydrogen-bond donors (Lipinski definition) is 0. The first-order valence-electron chi connectivity index (χ1n) is 11.3. The summed E-state index contributed by atoms with van der Waals surface area (Å²) in [6.07, 6.45) is 4.22. The van der Waals surface area contributed by atoms with E-state index in [1.807, 2.05) is 66.5 Å². The zero-order valence-corrected chi connectivity index (χ0v) is 18.5. The molecule has 2 aliphatic rings. The van der Waals surface area contributed by atoms with E-state index in [0.717, 1.165) is 42.6 Å². The van der Waals surface area contributed by atoms with Crippen molar-refractivity contribution in [3.8, 4) is 5.75 Å². The number of likely N-dealkylation sites (tertiary alicyclic amines) is 1. The van der Waals surface area contributed by atoms with Gasteiger partial charge >= 0.3 is 0 Å². The number of benzene rings is 2. The lowest BCUT2D eigenvalue weighted by Crippen LogP contribution is -2.37. The van der Waals surface area contributed by atoms with Crippen LogP contribution in [-0.2, 0) is 16.1 Å². The number of nitrogens with zero attached hydrogens (tertiary/aromatic N) is 2. The fraction of sp³-hybridized carbons (Fsp3) is 0.462. The summed E-state index contributed by atoms with van der Waals surface area (Å²) in [4.78, 5) is 30.4. The lowest BCUT2D eigenvalue weighted by Gasteiger charge is -2.25. The van der Waals surface area contributed by atoms with Crippen molar-refractivity contribution >= 4 is 11.8 Å². The second-order valence-corrected chi connectivity index (χ2v) is 8.89. The van der Waals surface area contributed by atoms with Crippen LogP contribution in [0.1, 0.15) is 42.7 Å². The van der Waals surface area contributed by atoms with Gasteiger partial charge in [-0.1, -0.05) is 55.3 Å². The molecule has 2 aromatic carbocycles. The van der Waals surface area contributed by atoms with Crippen molar-refractivity contribution in [2.24, 2.45) is 11.8 Å². The summed E-state index contributed by atoms with van der Waals surface area (Å²) in [5.74, 6) is 0.964. The maximum atomic E-state index is 13.5. The van der Waals surface area contributed by atoms with Gasteiger partial charge in [0, 0.05) is 38.5 Å². The Morgan fingerprint density at radius 1 is 1.03 bits per heavy atom. The molecule has 2 fully saturated rings. The van der Waals surface area contributed by atoms with E-state index in [4.69, 9.17) is 4.74 Å². The molecule has 1 saturated carbocycles. The highest BCUT2D eigenvalue weighted by Gasteiger charge is 2.43. The molecule has 1 heterocycles. The first kappa shape index (κ1) is 21.4. The van der Waals surface area contributed by atoms with Crippen LogP contribution in [-0.4, -0.2) is 48.9 Å². The summed E-state index contributed by atoms with van der Waals surface area (Å²) in [7, 11) is 3.51. The second kappa shape index (κ2) is 9.54. The summed E-state index contributed by atoms with van der Waals surface area (Å²) in [6, 6.07) is 18.0. The average molecular weight is 421 g/mol. The minimum atomic E-state index is -0.244. The topological polar surface area (TPSA) is 49.9 Å². The van der Waals surface area contributed by atoms with Crippen molar-refractivity contribution in [3.05, 3.63) is 65.7 Å². The molecule has 0 spiro atoms. The first-order valence-corrected chi connectivity index (χ1v) is 11.3. The Bertz CT molecular complexity index is 908. The maximum Gasteiger partial charge on any atom is 0.228 e. The number of amides is 2. The Balaban J connectivity index is 1.56. The van der Waals surface area contributed by atoms with Crippen LogP contribution in [0.5, 0.6) is 5.75 Å². The summed E-state index contributed by atoms with van der Waals surface area (Å²) in [5, 5.41) is 0. The highest BCUT2D eigenvalue weighted by molar-refractivity contribution is 5.84.